The second kappa shape index (κ2) is 7.70. The fourth-order valence-electron chi connectivity index (χ4n) is 2.78. The van der Waals surface area contributed by atoms with Crippen molar-refractivity contribution in [1.82, 2.24) is 9.88 Å². The number of nitrogens with zero attached hydrogens (tertiary/aromatic N) is 1. The number of carboxylic acid groups (broad SMARTS) is 1. The first-order valence-corrected chi connectivity index (χ1v) is 8.33. The molecule has 1 aromatic heterocycles. The summed E-state index contributed by atoms with van der Waals surface area (Å²) in [5.41, 5.74) is 2.48. The van der Waals surface area contributed by atoms with E-state index in [1.54, 1.807) is 31.2 Å². The van der Waals surface area contributed by atoms with Crippen molar-refractivity contribution in [2.75, 3.05) is 0 Å². The zero-order chi connectivity index (χ0) is 19.4. The number of aromatic nitrogens is 1. The monoisotopic (exact) mass is 361 g/mol. The van der Waals surface area contributed by atoms with E-state index in [0.29, 0.717) is 27.8 Å². The average molecular weight is 361 g/mol. The SMILES string of the molecule is Cc1c(-c2ccc(C(=O)NCc3ccccc3)cc2)ccn(C(=O)[O-])c1=O. The summed E-state index contributed by atoms with van der Waals surface area (Å²) >= 11 is 0. The fourth-order valence-corrected chi connectivity index (χ4v) is 2.78. The Hall–Kier alpha value is -3.67. The normalized spacial score (nSPS) is 10.4. The lowest BCUT2D eigenvalue weighted by molar-refractivity contribution is -0.250. The minimum absolute atomic E-state index is 0.200. The molecular weight excluding hydrogens is 344 g/mol. The topological polar surface area (TPSA) is 91.2 Å². The number of carbonyl (C=O) groups excluding carboxylic acids is 2. The molecular formula is C21H17N2O4-. The van der Waals surface area contributed by atoms with Gasteiger partial charge in [-0.2, -0.15) is 0 Å². The van der Waals surface area contributed by atoms with Gasteiger partial charge in [0.15, 0.2) is 0 Å². The molecule has 0 fully saturated rings. The van der Waals surface area contributed by atoms with Gasteiger partial charge in [0.05, 0.1) is 0 Å². The molecule has 6 heteroatoms. The zero-order valence-electron chi connectivity index (χ0n) is 14.6. The van der Waals surface area contributed by atoms with Gasteiger partial charge < -0.3 is 15.2 Å². The van der Waals surface area contributed by atoms with Crippen LogP contribution in [0.25, 0.3) is 11.1 Å². The second-order valence-corrected chi connectivity index (χ2v) is 6.04. The molecule has 1 amide bonds. The smallest absolute Gasteiger partial charge is 0.259 e. The van der Waals surface area contributed by atoms with Gasteiger partial charge in [0, 0.05) is 23.9 Å². The van der Waals surface area contributed by atoms with Gasteiger partial charge >= 0.3 is 0 Å². The number of nitrogens with one attached hydrogen (secondary N) is 1. The number of benzene rings is 2. The minimum atomic E-state index is -1.57. The summed E-state index contributed by atoms with van der Waals surface area (Å²) in [6.07, 6.45) is -0.402. The van der Waals surface area contributed by atoms with E-state index in [-0.39, 0.29) is 5.91 Å². The molecule has 27 heavy (non-hydrogen) atoms. The van der Waals surface area contributed by atoms with Crippen LogP contribution in [0.1, 0.15) is 21.5 Å². The average Bonchev–Trinajstić information content (AvgIpc) is 2.69. The first kappa shape index (κ1) is 18.1. The number of hydrogen-bond donors (Lipinski definition) is 1. The first-order valence-electron chi connectivity index (χ1n) is 8.33. The third-order valence-electron chi connectivity index (χ3n) is 4.28. The Labute approximate surface area is 155 Å². The minimum Gasteiger partial charge on any atom is -0.529 e. The number of rotatable bonds is 4. The molecule has 0 aliphatic carbocycles. The molecule has 0 aliphatic heterocycles. The largest absolute Gasteiger partial charge is 0.529 e. The van der Waals surface area contributed by atoms with Crippen LogP contribution in [0.15, 0.2) is 71.7 Å². The maximum atomic E-state index is 12.3. The van der Waals surface area contributed by atoms with Crippen molar-refractivity contribution in [3.05, 3.63) is 93.9 Å². The number of carbonyl (C=O) groups is 2. The van der Waals surface area contributed by atoms with Crippen LogP contribution < -0.4 is 16.0 Å². The van der Waals surface area contributed by atoms with Crippen LogP contribution in [0.2, 0.25) is 0 Å². The lowest BCUT2D eigenvalue weighted by Gasteiger charge is -2.11. The molecule has 0 spiro atoms. The van der Waals surface area contributed by atoms with Gasteiger partial charge in [-0.3, -0.25) is 14.2 Å². The van der Waals surface area contributed by atoms with Crippen LogP contribution >= 0.6 is 0 Å². The van der Waals surface area contributed by atoms with Crippen LogP contribution in [0.4, 0.5) is 4.79 Å². The van der Waals surface area contributed by atoms with Crippen molar-refractivity contribution in [2.24, 2.45) is 0 Å². The van der Waals surface area contributed by atoms with Crippen molar-refractivity contribution in [3.63, 3.8) is 0 Å². The quantitative estimate of drug-likeness (QED) is 0.769. The van der Waals surface area contributed by atoms with Crippen LogP contribution in [-0.4, -0.2) is 16.6 Å². The van der Waals surface area contributed by atoms with Gasteiger partial charge in [-0.1, -0.05) is 42.5 Å². The molecule has 136 valence electrons. The number of hydrogen-bond acceptors (Lipinski definition) is 4. The molecule has 0 radical (unpaired) electrons. The van der Waals surface area contributed by atoms with Crippen molar-refractivity contribution in [2.45, 2.75) is 13.5 Å². The molecule has 0 aliphatic rings. The Bertz CT molecular complexity index is 1040. The Morgan fingerprint density at radius 2 is 1.67 bits per heavy atom. The lowest BCUT2D eigenvalue weighted by Crippen LogP contribution is -2.37. The maximum absolute atomic E-state index is 12.3. The van der Waals surface area contributed by atoms with Crippen molar-refractivity contribution < 1.29 is 14.7 Å². The van der Waals surface area contributed by atoms with Crippen LogP contribution in [0, 0.1) is 6.92 Å². The van der Waals surface area contributed by atoms with Crippen molar-refractivity contribution in [3.8, 4) is 11.1 Å². The second-order valence-electron chi connectivity index (χ2n) is 6.04. The van der Waals surface area contributed by atoms with Gasteiger partial charge in [0.1, 0.15) is 6.09 Å². The highest BCUT2D eigenvalue weighted by Crippen LogP contribution is 2.21. The molecule has 3 aromatic rings. The zero-order valence-corrected chi connectivity index (χ0v) is 14.6. The predicted molar refractivity (Wildman–Crippen MR) is 99.3 cm³/mol. The summed E-state index contributed by atoms with van der Waals surface area (Å²) in [4.78, 5) is 35.3. The van der Waals surface area contributed by atoms with E-state index in [0.717, 1.165) is 11.1 Å². The molecule has 0 unspecified atom stereocenters. The standard InChI is InChI=1S/C21H18N2O4/c1-14-18(11-12-23(20(14)25)21(26)27)16-7-9-17(10-8-16)19(24)22-13-15-5-3-2-4-6-15/h2-12H,13H2,1H3,(H,22,24)(H,26,27)/p-1. The highest BCUT2D eigenvalue weighted by Gasteiger charge is 2.10. The van der Waals surface area contributed by atoms with E-state index in [1.165, 1.54) is 12.3 Å². The van der Waals surface area contributed by atoms with Crippen LogP contribution in [0.3, 0.4) is 0 Å². The summed E-state index contributed by atoms with van der Waals surface area (Å²) in [5, 5.41) is 13.8. The maximum Gasteiger partial charge on any atom is 0.259 e. The Morgan fingerprint density at radius 3 is 2.30 bits per heavy atom. The Morgan fingerprint density at radius 1 is 1.00 bits per heavy atom. The molecule has 1 N–H and O–H groups in total. The Balaban J connectivity index is 1.77. The highest BCUT2D eigenvalue weighted by molar-refractivity contribution is 5.94. The first-order chi connectivity index (χ1) is 13.0. The number of pyridine rings is 1. The van der Waals surface area contributed by atoms with E-state index in [4.69, 9.17) is 0 Å². The third kappa shape index (κ3) is 3.95. The third-order valence-corrected chi connectivity index (χ3v) is 4.28. The summed E-state index contributed by atoms with van der Waals surface area (Å²) in [6, 6.07) is 17.9. The summed E-state index contributed by atoms with van der Waals surface area (Å²) in [5.74, 6) is -0.200. The molecule has 3 rings (SSSR count). The van der Waals surface area contributed by atoms with Crippen LogP contribution in [0.5, 0.6) is 0 Å². The van der Waals surface area contributed by atoms with Crippen molar-refractivity contribution >= 4 is 12.0 Å². The van der Waals surface area contributed by atoms with Crippen molar-refractivity contribution in [1.29, 1.82) is 0 Å². The summed E-state index contributed by atoms with van der Waals surface area (Å²) in [6.45, 7) is 1.99. The van der Waals surface area contributed by atoms with Gasteiger partial charge in [0.2, 0.25) is 0 Å². The molecule has 0 bridgehead atoms. The fraction of sp³-hybridized carbons (Fsp3) is 0.0952. The van der Waals surface area contributed by atoms with Gasteiger partial charge in [-0.05, 0) is 41.8 Å². The number of amides is 1. The van der Waals surface area contributed by atoms with Gasteiger partial charge in [-0.15, -0.1) is 0 Å². The molecule has 1 heterocycles. The molecule has 6 nitrogen and oxygen atoms in total. The van der Waals surface area contributed by atoms with E-state index in [9.17, 15) is 19.5 Å². The molecule has 0 atom stereocenters. The molecule has 0 saturated heterocycles. The summed E-state index contributed by atoms with van der Waals surface area (Å²) < 4.78 is 0.532. The van der Waals surface area contributed by atoms with Gasteiger partial charge in [-0.25, -0.2) is 0 Å². The lowest BCUT2D eigenvalue weighted by atomic mass is 10.0. The van der Waals surface area contributed by atoms with Crippen LogP contribution in [-0.2, 0) is 6.54 Å². The van der Waals surface area contributed by atoms with E-state index >= 15 is 0 Å². The predicted octanol–water partition coefficient (Wildman–Crippen LogP) is 1.95. The highest BCUT2D eigenvalue weighted by atomic mass is 16.4. The van der Waals surface area contributed by atoms with Gasteiger partial charge in [0.25, 0.3) is 11.5 Å². The molecule has 2 aromatic carbocycles. The molecule has 0 saturated carbocycles. The van der Waals surface area contributed by atoms with E-state index in [1.807, 2.05) is 30.3 Å². The van der Waals surface area contributed by atoms with E-state index < -0.39 is 11.7 Å². The Kier molecular flexibility index (Phi) is 5.17. The van der Waals surface area contributed by atoms with E-state index in [2.05, 4.69) is 5.32 Å². The summed E-state index contributed by atoms with van der Waals surface area (Å²) in [7, 11) is 0.